The second-order valence-electron chi connectivity index (χ2n) is 7.93. The van der Waals surface area contributed by atoms with Crippen LogP contribution in [0.25, 0.3) is 0 Å². The first-order valence-corrected chi connectivity index (χ1v) is 12.8. The van der Waals surface area contributed by atoms with E-state index >= 15 is 0 Å². The fraction of sp³-hybridized carbons (Fsp3) is 0.320. The maximum absolute atomic E-state index is 13.8. The molecule has 190 valence electrons. The average Bonchev–Trinajstić information content (AvgIpc) is 3.54. The minimum Gasteiger partial charge on any atom is -0.493 e. The number of aromatic nitrogens is 1. The summed E-state index contributed by atoms with van der Waals surface area (Å²) in [7, 11) is 3.04. The lowest BCUT2D eigenvalue weighted by Crippen LogP contribution is -2.29. The summed E-state index contributed by atoms with van der Waals surface area (Å²) in [4.78, 5) is 34.9. The van der Waals surface area contributed by atoms with Crippen LogP contribution < -0.4 is 14.4 Å². The molecule has 11 heteroatoms. The monoisotopic (exact) mass is 549 g/mol. The van der Waals surface area contributed by atoms with Gasteiger partial charge in [0.25, 0.3) is 11.8 Å². The Morgan fingerprint density at radius 2 is 1.92 bits per heavy atom. The Balaban J connectivity index is 1.71. The molecule has 2 amide bonds. The zero-order valence-corrected chi connectivity index (χ0v) is 22.3. The number of ether oxygens (including phenoxy) is 3. The third-order valence-electron chi connectivity index (χ3n) is 5.72. The molecular formula is C25H25Cl2N3O5S. The smallest absolute Gasteiger partial charge is 0.266 e. The normalized spacial score (nSPS) is 15.1. The number of carbonyl (C=O) groups excluding carboxylic acids is 2. The lowest BCUT2D eigenvalue weighted by molar-refractivity contribution is 0.0600. The van der Waals surface area contributed by atoms with E-state index in [1.54, 1.807) is 35.2 Å². The molecule has 1 atom stereocenters. The highest BCUT2D eigenvalue weighted by Crippen LogP contribution is 2.38. The van der Waals surface area contributed by atoms with Crippen LogP contribution in [0.2, 0.25) is 10.0 Å². The van der Waals surface area contributed by atoms with Gasteiger partial charge >= 0.3 is 0 Å². The quantitative estimate of drug-likeness (QED) is 0.358. The maximum Gasteiger partial charge on any atom is 0.266 e. The van der Waals surface area contributed by atoms with Crippen LogP contribution in [0, 0.1) is 0 Å². The molecule has 0 radical (unpaired) electrons. The molecule has 1 fully saturated rings. The van der Waals surface area contributed by atoms with Gasteiger partial charge in [-0.25, -0.2) is 4.98 Å². The van der Waals surface area contributed by atoms with E-state index in [1.165, 1.54) is 31.4 Å². The summed E-state index contributed by atoms with van der Waals surface area (Å²) in [5.74, 6) is 0.355. The zero-order chi connectivity index (χ0) is 25.8. The first-order valence-electron chi connectivity index (χ1n) is 11.2. The van der Waals surface area contributed by atoms with Crippen molar-refractivity contribution < 1.29 is 23.8 Å². The van der Waals surface area contributed by atoms with Gasteiger partial charge in [-0.2, -0.15) is 0 Å². The summed E-state index contributed by atoms with van der Waals surface area (Å²) in [6.07, 6.45) is 2.31. The fourth-order valence-electron chi connectivity index (χ4n) is 3.97. The number of rotatable bonds is 8. The largest absolute Gasteiger partial charge is 0.493 e. The lowest BCUT2D eigenvalue weighted by Gasteiger charge is -2.22. The Kier molecular flexibility index (Phi) is 8.35. The van der Waals surface area contributed by atoms with E-state index in [-0.39, 0.29) is 22.6 Å². The summed E-state index contributed by atoms with van der Waals surface area (Å²) in [5.41, 5.74) is 0.702. The molecule has 0 bridgehead atoms. The first-order chi connectivity index (χ1) is 17.4. The molecule has 1 saturated heterocycles. The van der Waals surface area contributed by atoms with Gasteiger partial charge in [0, 0.05) is 30.8 Å². The lowest BCUT2D eigenvalue weighted by atomic mass is 10.1. The van der Waals surface area contributed by atoms with Crippen molar-refractivity contribution >= 4 is 57.2 Å². The van der Waals surface area contributed by atoms with Crippen LogP contribution in [0.1, 0.15) is 33.4 Å². The molecule has 3 aromatic rings. The Hall–Kier alpha value is -2.85. The first kappa shape index (κ1) is 26.2. The van der Waals surface area contributed by atoms with E-state index in [2.05, 4.69) is 4.98 Å². The van der Waals surface area contributed by atoms with Crippen molar-refractivity contribution in [3.63, 3.8) is 0 Å². The van der Waals surface area contributed by atoms with Crippen molar-refractivity contribution in [1.29, 1.82) is 0 Å². The maximum atomic E-state index is 13.8. The minimum atomic E-state index is -0.435. The molecule has 0 spiro atoms. The van der Waals surface area contributed by atoms with Gasteiger partial charge in [-0.3, -0.25) is 14.5 Å². The number of hydrogen-bond acceptors (Lipinski definition) is 7. The van der Waals surface area contributed by atoms with Gasteiger partial charge in [0.1, 0.15) is 4.88 Å². The van der Waals surface area contributed by atoms with Gasteiger partial charge in [0.05, 0.1) is 42.8 Å². The third kappa shape index (κ3) is 5.44. The predicted octanol–water partition coefficient (Wildman–Crippen LogP) is 5.70. The van der Waals surface area contributed by atoms with Gasteiger partial charge in [-0.15, -0.1) is 0 Å². The van der Waals surface area contributed by atoms with E-state index < -0.39 is 5.91 Å². The van der Waals surface area contributed by atoms with Crippen molar-refractivity contribution in [1.82, 2.24) is 9.88 Å². The molecule has 8 nitrogen and oxygen atoms in total. The number of nitrogens with zero attached hydrogens (tertiary/aromatic N) is 3. The van der Waals surface area contributed by atoms with Crippen molar-refractivity contribution in [2.24, 2.45) is 0 Å². The fourth-order valence-corrected chi connectivity index (χ4v) is 5.36. The number of methoxy groups -OCH3 is 2. The zero-order valence-electron chi connectivity index (χ0n) is 20.0. The molecule has 1 aromatic heterocycles. The molecule has 1 aliphatic heterocycles. The number of anilines is 2. The molecule has 36 heavy (non-hydrogen) atoms. The van der Waals surface area contributed by atoms with Gasteiger partial charge < -0.3 is 19.1 Å². The van der Waals surface area contributed by atoms with Gasteiger partial charge in [-0.1, -0.05) is 34.5 Å². The van der Waals surface area contributed by atoms with Crippen LogP contribution in [0.15, 0.2) is 42.6 Å². The van der Waals surface area contributed by atoms with E-state index in [0.717, 1.165) is 17.8 Å². The van der Waals surface area contributed by atoms with Crippen molar-refractivity contribution in [3.8, 4) is 11.5 Å². The predicted molar refractivity (Wildman–Crippen MR) is 141 cm³/mol. The standard InChI is InChI=1S/C25H25Cl2N3O5S/c1-4-35-17-9-10-29(14-17)24(32)22-13-28-25(36-22)30(16-6-8-20(33-2)21(12-16)34-3)23(31)18-7-5-15(26)11-19(18)27/h5-8,11-13,17H,4,9-10,14H2,1-3H3. The topological polar surface area (TPSA) is 81.2 Å². The summed E-state index contributed by atoms with van der Waals surface area (Å²) >= 11 is 13.5. The van der Waals surface area contributed by atoms with Gasteiger partial charge in [0.2, 0.25) is 0 Å². The third-order valence-corrected chi connectivity index (χ3v) is 7.24. The van der Waals surface area contributed by atoms with Crippen molar-refractivity contribution in [2.75, 3.05) is 38.8 Å². The second kappa shape index (κ2) is 11.5. The number of hydrogen-bond donors (Lipinski definition) is 0. The molecule has 1 unspecified atom stereocenters. The molecule has 0 aliphatic carbocycles. The average molecular weight is 550 g/mol. The molecule has 4 rings (SSSR count). The Labute approximate surface area is 223 Å². The highest BCUT2D eigenvalue weighted by atomic mass is 35.5. The SMILES string of the molecule is CCOC1CCN(C(=O)c2cnc(N(C(=O)c3ccc(Cl)cc3Cl)c3ccc(OC)c(OC)c3)s2)C1. The Morgan fingerprint density at radius 3 is 2.61 bits per heavy atom. The van der Waals surface area contributed by atoms with E-state index in [1.807, 2.05) is 6.92 Å². The van der Waals surface area contributed by atoms with Crippen LogP contribution in [-0.4, -0.2) is 61.7 Å². The van der Waals surface area contributed by atoms with E-state index in [4.69, 9.17) is 37.4 Å². The molecule has 0 saturated carbocycles. The number of likely N-dealkylation sites (tertiary alicyclic amines) is 1. The summed E-state index contributed by atoms with van der Waals surface area (Å²) in [6.45, 7) is 3.67. The van der Waals surface area contributed by atoms with Crippen LogP contribution in [0.4, 0.5) is 10.8 Å². The molecule has 1 aliphatic rings. The number of amides is 2. The number of halogens is 2. The van der Waals surface area contributed by atoms with Crippen LogP contribution >= 0.6 is 34.5 Å². The summed E-state index contributed by atoms with van der Waals surface area (Å²) in [6, 6.07) is 9.71. The van der Waals surface area contributed by atoms with Crippen molar-refractivity contribution in [3.05, 3.63) is 63.1 Å². The van der Waals surface area contributed by atoms with Gasteiger partial charge in [-0.05, 0) is 43.7 Å². The second-order valence-corrected chi connectivity index (χ2v) is 9.78. The number of carbonyl (C=O) groups is 2. The molecular weight excluding hydrogens is 525 g/mol. The van der Waals surface area contributed by atoms with Crippen LogP contribution in [0.3, 0.4) is 0 Å². The molecule has 2 aromatic carbocycles. The Morgan fingerprint density at radius 1 is 1.14 bits per heavy atom. The molecule has 2 heterocycles. The van der Waals surface area contributed by atoms with Crippen molar-refractivity contribution in [2.45, 2.75) is 19.4 Å². The number of benzene rings is 2. The summed E-state index contributed by atoms with van der Waals surface area (Å²) in [5, 5.41) is 0.916. The van der Waals surface area contributed by atoms with Crippen LogP contribution in [0.5, 0.6) is 11.5 Å². The summed E-state index contributed by atoms with van der Waals surface area (Å²) < 4.78 is 16.4. The highest BCUT2D eigenvalue weighted by molar-refractivity contribution is 7.17. The van der Waals surface area contributed by atoms with Gasteiger partial charge in [0.15, 0.2) is 16.6 Å². The highest BCUT2D eigenvalue weighted by Gasteiger charge is 2.31. The van der Waals surface area contributed by atoms with E-state index in [0.29, 0.717) is 51.9 Å². The minimum absolute atomic E-state index is 0.0308. The van der Waals surface area contributed by atoms with E-state index in [9.17, 15) is 9.59 Å². The Bertz CT molecular complexity index is 1270. The van der Waals surface area contributed by atoms with Crippen LogP contribution in [-0.2, 0) is 4.74 Å². The molecule has 0 N–H and O–H groups in total. The number of thiazole rings is 1.